The van der Waals surface area contributed by atoms with Gasteiger partial charge in [0.15, 0.2) is 5.58 Å². The molecule has 0 fully saturated rings. The number of hydrogen-bond donors (Lipinski definition) is 2. The molecule has 0 amide bonds. The molecule has 1 aliphatic carbocycles. The van der Waals surface area contributed by atoms with Crippen LogP contribution in [0.25, 0.3) is 11.0 Å². The predicted molar refractivity (Wildman–Crippen MR) is 101 cm³/mol. The minimum absolute atomic E-state index is 0.189. The molecule has 3 aromatic rings. The molecule has 3 N–H and O–H groups in total. The number of rotatable bonds is 4. The number of fused-ring (bicyclic) bond motifs is 2. The Hall–Kier alpha value is -2.59. The smallest absolute Gasteiger partial charge is 0.336 e. The highest BCUT2D eigenvalue weighted by molar-refractivity contribution is 5.84. The maximum Gasteiger partial charge on any atom is 0.336 e. The van der Waals surface area contributed by atoms with Crippen LogP contribution in [0.4, 0.5) is 0 Å². The lowest BCUT2D eigenvalue weighted by Crippen LogP contribution is -2.84. The zero-order valence-electron chi connectivity index (χ0n) is 15.0. The van der Waals surface area contributed by atoms with Crippen molar-refractivity contribution in [1.29, 1.82) is 0 Å². The zero-order chi connectivity index (χ0) is 18.1. The van der Waals surface area contributed by atoms with E-state index in [1.54, 1.807) is 12.1 Å². The van der Waals surface area contributed by atoms with E-state index < -0.39 is 0 Å². The standard InChI is InChI=1S/C22H23NO3/c1-2-14-12-21(25)26-22-17(14)10-11-20(24)18(22)13-23-19-9-5-7-15-6-3-4-8-16(15)19/h3-4,6,8,10-12,19,23-24H,2,5,7,9,13H2,1H3/p+1/t19-/m1/s1. The third-order valence-electron chi connectivity index (χ3n) is 5.48. The number of benzene rings is 2. The van der Waals surface area contributed by atoms with E-state index in [1.807, 2.05) is 13.0 Å². The van der Waals surface area contributed by atoms with Gasteiger partial charge in [0.1, 0.15) is 18.3 Å². The van der Waals surface area contributed by atoms with Gasteiger partial charge in [-0.2, -0.15) is 0 Å². The van der Waals surface area contributed by atoms with Gasteiger partial charge in [0.2, 0.25) is 0 Å². The third kappa shape index (κ3) is 3.01. The minimum Gasteiger partial charge on any atom is -0.507 e. The summed E-state index contributed by atoms with van der Waals surface area (Å²) < 4.78 is 5.49. The Kier molecular flexibility index (Phi) is 4.51. The lowest BCUT2D eigenvalue weighted by atomic mass is 9.87. The van der Waals surface area contributed by atoms with Crippen molar-refractivity contribution in [1.82, 2.24) is 0 Å². The molecule has 0 radical (unpaired) electrons. The Balaban J connectivity index is 1.69. The molecule has 1 atom stereocenters. The zero-order valence-corrected chi connectivity index (χ0v) is 15.0. The molecule has 4 rings (SSSR count). The van der Waals surface area contributed by atoms with Crippen LogP contribution in [0.1, 0.15) is 48.1 Å². The molecule has 134 valence electrons. The summed E-state index contributed by atoms with van der Waals surface area (Å²) in [6.45, 7) is 2.60. The van der Waals surface area contributed by atoms with E-state index in [2.05, 4.69) is 29.6 Å². The van der Waals surface area contributed by atoms with Crippen LogP contribution in [0.2, 0.25) is 0 Å². The van der Waals surface area contributed by atoms with Gasteiger partial charge in [0, 0.05) is 23.4 Å². The topological polar surface area (TPSA) is 67.0 Å². The number of aryl methyl sites for hydroxylation is 2. The second kappa shape index (κ2) is 6.96. The molecule has 2 aromatic carbocycles. The summed E-state index contributed by atoms with van der Waals surface area (Å²) in [5.41, 5.74) is 4.63. The average Bonchev–Trinajstić information content (AvgIpc) is 2.66. The maximum absolute atomic E-state index is 11.9. The Morgan fingerprint density at radius 1 is 1.23 bits per heavy atom. The van der Waals surface area contributed by atoms with Crippen molar-refractivity contribution in [3.8, 4) is 5.75 Å². The number of hydrogen-bond acceptors (Lipinski definition) is 3. The molecule has 0 saturated heterocycles. The Morgan fingerprint density at radius 2 is 2.08 bits per heavy atom. The number of phenolic OH excluding ortho intramolecular Hbond substituents is 1. The van der Waals surface area contributed by atoms with Crippen LogP contribution in [0.15, 0.2) is 51.7 Å². The van der Waals surface area contributed by atoms with E-state index in [0.717, 1.165) is 30.2 Å². The Morgan fingerprint density at radius 3 is 2.92 bits per heavy atom. The van der Waals surface area contributed by atoms with Gasteiger partial charge in [-0.05, 0) is 42.5 Å². The molecule has 0 unspecified atom stereocenters. The number of quaternary nitrogens is 1. The summed E-state index contributed by atoms with van der Waals surface area (Å²) in [6, 6.07) is 14.1. The highest BCUT2D eigenvalue weighted by Crippen LogP contribution is 2.30. The number of nitrogens with two attached hydrogens (primary N) is 1. The van der Waals surface area contributed by atoms with Crippen LogP contribution in [0.5, 0.6) is 5.75 Å². The quantitative estimate of drug-likeness (QED) is 0.710. The van der Waals surface area contributed by atoms with Gasteiger partial charge in [-0.15, -0.1) is 0 Å². The van der Waals surface area contributed by atoms with Crippen molar-refractivity contribution >= 4 is 11.0 Å². The van der Waals surface area contributed by atoms with Crippen molar-refractivity contribution < 1.29 is 14.8 Å². The summed E-state index contributed by atoms with van der Waals surface area (Å²) in [5.74, 6) is 0.189. The van der Waals surface area contributed by atoms with Crippen LogP contribution in [0, 0.1) is 0 Å². The molecule has 0 aliphatic heterocycles. The number of phenols is 1. The summed E-state index contributed by atoms with van der Waals surface area (Å²) in [5, 5.41) is 13.6. The fraction of sp³-hybridized carbons (Fsp3) is 0.318. The van der Waals surface area contributed by atoms with Crippen molar-refractivity contribution in [3.63, 3.8) is 0 Å². The summed E-state index contributed by atoms with van der Waals surface area (Å²) in [4.78, 5) is 11.9. The molecule has 0 saturated carbocycles. The minimum atomic E-state index is -0.357. The third-order valence-corrected chi connectivity index (χ3v) is 5.48. The molecule has 1 heterocycles. The second-order valence-electron chi connectivity index (χ2n) is 7.02. The van der Waals surface area contributed by atoms with Crippen LogP contribution in [-0.4, -0.2) is 5.11 Å². The first-order chi connectivity index (χ1) is 12.7. The van der Waals surface area contributed by atoms with Crippen molar-refractivity contribution in [3.05, 3.63) is 75.1 Å². The van der Waals surface area contributed by atoms with Crippen LogP contribution in [0.3, 0.4) is 0 Å². The normalized spacial score (nSPS) is 16.6. The Labute approximate surface area is 152 Å². The molecule has 4 heteroatoms. The molecule has 26 heavy (non-hydrogen) atoms. The summed E-state index contributed by atoms with van der Waals surface area (Å²) in [7, 11) is 0. The van der Waals surface area contributed by atoms with E-state index in [0.29, 0.717) is 23.7 Å². The highest BCUT2D eigenvalue weighted by atomic mass is 16.4. The molecule has 1 aliphatic rings. The summed E-state index contributed by atoms with van der Waals surface area (Å²) in [6.07, 6.45) is 4.18. The van der Waals surface area contributed by atoms with Gasteiger partial charge in [-0.25, -0.2) is 4.79 Å². The van der Waals surface area contributed by atoms with E-state index >= 15 is 0 Å². The van der Waals surface area contributed by atoms with E-state index in [9.17, 15) is 9.90 Å². The van der Waals surface area contributed by atoms with Gasteiger partial charge >= 0.3 is 5.63 Å². The predicted octanol–water partition coefficient (Wildman–Crippen LogP) is 3.20. The van der Waals surface area contributed by atoms with Crippen molar-refractivity contribution in [2.24, 2.45) is 0 Å². The average molecular weight is 350 g/mol. The molecule has 0 spiro atoms. The Bertz CT molecular complexity index is 1010. The van der Waals surface area contributed by atoms with E-state index in [4.69, 9.17) is 4.42 Å². The fourth-order valence-corrected chi connectivity index (χ4v) is 4.12. The van der Waals surface area contributed by atoms with Crippen LogP contribution >= 0.6 is 0 Å². The first-order valence-electron chi connectivity index (χ1n) is 9.36. The van der Waals surface area contributed by atoms with E-state index in [1.165, 1.54) is 17.5 Å². The molecule has 1 aromatic heterocycles. The second-order valence-corrected chi connectivity index (χ2v) is 7.02. The molecule has 0 bridgehead atoms. The van der Waals surface area contributed by atoms with Gasteiger partial charge in [0.05, 0.1) is 5.56 Å². The van der Waals surface area contributed by atoms with Gasteiger partial charge in [0.25, 0.3) is 0 Å². The first kappa shape index (κ1) is 16.9. The molecule has 4 nitrogen and oxygen atoms in total. The molecular weight excluding hydrogens is 326 g/mol. The lowest BCUT2D eigenvalue weighted by molar-refractivity contribution is -0.712. The monoisotopic (exact) mass is 350 g/mol. The number of aromatic hydroxyl groups is 1. The molecular formula is C22H24NO3+. The van der Waals surface area contributed by atoms with Crippen molar-refractivity contribution in [2.45, 2.75) is 45.2 Å². The summed E-state index contributed by atoms with van der Waals surface area (Å²) >= 11 is 0. The van der Waals surface area contributed by atoms with Crippen LogP contribution in [-0.2, 0) is 19.4 Å². The van der Waals surface area contributed by atoms with Crippen LogP contribution < -0.4 is 10.9 Å². The fourth-order valence-electron chi connectivity index (χ4n) is 4.12. The lowest BCUT2D eigenvalue weighted by Gasteiger charge is -2.24. The van der Waals surface area contributed by atoms with Gasteiger partial charge in [-0.1, -0.05) is 31.2 Å². The largest absolute Gasteiger partial charge is 0.507 e. The maximum atomic E-state index is 11.9. The highest BCUT2D eigenvalue weighted by Gasteiger charge is 2.23. The van der Waals surface area contributed by atoms with Crippen molar-refractivity contribution in [2.75, 3.05) is 0 Å². The first-order valence-corrected chi connectivity index (χ1v) is 9.36. The SMILES string of the molecule is CCc1cc(=O)oc2c(C[NH2+][C@@H]3CCCc4ccccc43)c(O)ccc12. The van der Waals surface area contributed by atoms with E-state index in [-0.39, 0.29) is 11.4 Å². The van der Waals surface area contributed by atoms with Gasteiger partial charge < -0.3 is 14.8 Å². The van der Waals surface area contributed by atoms with Gasteiger partial charge in [-0.3, -0.25) is 0 Å².